The van der Waals surface area contributed by atoms with Crippen LogP contribution in [0.15, 0.2) is 18.2 Å². The SMILES string of the molecule is CO[C@H]1CN(C)C(=O)c2ccc(NC(=O)C3CCCCC3)cc2OC[C@@H](C)NC[C@H]1C. The lowest BCUT2D eigenvalue weighted by Gasteiger charge is -2.30. The van der Waals surface area contributed by atoms with Gasteiger partial charge in [0.1, 0.15) is 12.4 Å². The maximum atomic E-state index is 13.2. The quantitative estimate of drug-likeness (QED) is 0.768. The van der Waals surface area contributed by atoms with Crippen molar-refractivity contribution in [3.63, 3.8) is 0 Å². The van der Waals surface area contributed by atoms with Crippen LogP contribution in [0, 0.1) is 11.8 Å². The van der Waals surface area contributed by atoms with Gasteiger partial charge in [-0.2, -0.15) is 0 Å². The first-order valence-corrected chi connectivity index (χ1v) is 11.5. The first-order chi connectivity index (χ1) is 14.9. The lowest BCUT2D eigenvalue weighted by Crippen LogP contribution is -2.44. The van der Waals surface area contributed by atoms with E-state index in [2.05, 4.69) is 24.5 Å². The fourth-order valence-corrected chi connectivity index (χ4v) is 4.34. The van der Waals surface area contributed by atoms with Gasteiger partial charge in [-0.05, 0) is 37.8 Å². The van der Waals surface area contributed by atoms with Gasteiger partial charge in [-0.15, -0.1) is 0 Å². The number of ether oxygens (including phenoxy) is 2. The predicted octanol–water partition coefficient (Wildman–Crippen LogP) is 3.30. The molecule has 1 aliphatic carbocycles. The highest BCUT2D eigenvalue weighted by Crippen LogP contribution is 2.28. The number of hydrogen-bond acceptors (Lipinski definition) is 5. The molecule has 2 N–H and O–H groups in total. The number of carbonyl (C=O) groups excluding carboxylic acids is 2. The van der Waals surface area contributed by atoms with Gasteiger partial charge in [0.25, 0.3) is 5.91 Å². The molecule has 0 saturated heterocycles. The van der Waals surface area contributed by atoms with E-state index in [-0.39, 0.29) is 35.8 Å². The summed E-state index contributed by atoms with van der Waals surface area (Å²) < 4.78 is 11.7. The number of likely N-dealkylation sites (N-methyl/N-ethyl adjacent to an activating group) is 1. The van der Waals surface area contributed by atoms with Gasteiger partial charge in [0.15, 0.2) is 0 Å². The monoisotopic (exact) mass is 431 g/mol. The molecule has 3 atom stereocenters. The number of rotatable bonds is 3. The standard InChI is InChI=1S/C24H37N3O4/c1-16-13-25-17(2)15-31-21-12-19(26-23(28)18-8-6-5-7-9-18)10-11-20(21)24(29)27(3)14-22(16)30-4/h10-12,16-18,22,25H,5-9,13-15H2,1-4H3,(H,26,28)/t16-,17-,22+/m1/s1. The molecule has 7 nitrogen and oxygen atoms in total. The number of amides is 2. The van der Waals surface area contributed by atoms with E-state index >= 15 is 0 Å². The molecule has 1 aromatic rings. The number of methoxy groups -OCH3 is 1. The van der Waals surface area contributed by atoms with E-state index in [9.17, 15) is 9.59 Å². The van der Waals surface area contributed by atoms with Crippen molar-refractivity contribution in [2.75, 3.05) is 39.2 Å². The molecule has 0 bridgehead atoms. The third-order valence-corrected chi connectivity index (χ3v) is 6.47. The molecule has 2 aliphatic rings. The molecule has 7 heteroatoms. The highest BCUT2D eigenvalue weighted by Gasteiger charge is 2.26. The summed E-state index contributed by atoms with van der Waals surface area (Å²) in [6, 6.07) is 5.43. The van der Waals surface area contributed by atoms with Gasteiger partial charge in [0.05, 0.1) is 11.7 Å². The Kier molecular flexibility index (Phi) is 8.32. The summed E-state index contributed by atoms with van der Waals surface area (Å²) in [6.07, 6.45) is 5.25. The number of fused-ring (bicyclic) bond motifs is 1. The average molecular weight is 432 g/mol. The molecule has 2 amide bonds. The van der Waals surface area contributed by atoms with Crippen LogP contribution in [0.3, 0.4) is 0 Å². The smallest absolute Gasteiger partial charge is 0.257 e. The highest BCUT2D eigenvalue weighted by atomic mass is 16.5. The predicted molar refractivity (Wildman–Crippen MR) is 122 cm³/mol. The maximum Gasteiger partial charge on any atom is 0.257 e. The summed E-state index contributed by atoms with van der Waals surface area (Å²) in [5.41, 5.74) is 1.16. The van der Waals surface area contributed by atoms with Gasteiger partial charge in [0, 0.05) is 51.0 Å². The minimum atomic E-state index is -0.115. The third-order valence-electron chi connectivity index (χ3n) is 6.47. The van der Waals surface area contributed by atoms with E-state index < -0.39 is 0 Å². The van der Waals surface area contributed by atoms with Crippen molar-refractivity contribution in [3.8, 4) is 5.75 Å². The zero-order chi connectivity index (χ0) is 22.4. The molecular formula is C24H37N3O4. The number of hydrogen-bond donors (Lipinski definition) is 2. The van der Waals surface area contributed by atoms with Crippen molar-refractivity contribution in [1.29, 1.82) is 0 Å². The summed E-state index contributed by atoms with van der Waals surface area (Å²) in [5, 5.41) is 6.51. The Morgan fingerprint density at radius 3 is 2.68 bits per heavy atom. The normalized spacial score (nSPS) is 26.3. The van der Waals surface area contributed by atoms with E-state index in [1.165, 1.54) is 6.42 Å². The number of nitrogens with one attached hydrogen (secondary N) is 2. The third kappa shape index (κ3) is 6.20. The van der Waals surface area contributed by atoms with Gasteiger partial charge >= 0.3 is 0 Å². The molecule has 1 aliphatic heterocycles. The molecule has 172 valence electrons. The lowest BCUT2D eigenvalue weighted by atomic mass is 9.88. The van der Waals surface area contributed by atoms with Crippen LogP contribution in [-0.2, 0) is 9.53 Å². The maximum absolute atomic E-state index is 13.2. The number of nitrogens with zero attached hydrogens (tertiary/aromatic N) is 1. The Balaban J connectivity index is 1.81. The van der Waals surface area contributed by atoms with Crippen LogP contribution in [0.25, 0.3) is 0 Å². The lowest BCUT2D eigenvalue weighted by molar-refractivity contribution is -0.120. The van der Waals surface area contributed by atoms with Crippen LogP contribution >= 0.6 is 0 Å². The summed E-state index contributed by atoms with van der Waals surface area (Å²) >= 11 is 0. The second-order valence-corrected chi connectivity index (χ2v) is 9.09. The molecule has 3 rings (SSSR count). The number of anilines is 1. The van der Waals surface area contributed by atoms with Crippen LogP contribution in [0.2, 0.25) is 0 Å². The van der Waals surface area contributed by atoms with Gasteiger partial charge in [-0.25, -0.2) is 0 Å². The van der Waals surface area contributed by atoms with E-state index in [4.69, 9.17) is 9.47 Å². The van der Waals surface area contributed by atoms with Crippen molar-refractivity contribution in [2.24, 2.45) is 11.8 Å². The van der Waals surface area contributed by atoms with Crippen molar-refractivity contribution in [1.82, 2.24) is 10.2 Å². The zero-order valence-corrected chi connectivity index (χ0v) is 19.3. The van der Waals surface area contributed by atoms with E-state index in [0.717, 1.165) is 32.2 Å². The van der Waals surface area contributed by atoms with E-state index in [1.54, 1.807) is 37.3 Å². The molecule has 1 aromatic carbocycles. The van der Waals surface area contributed by atoms with Crippen molar-refractivity contribution < 1.29 is 19.1 Å². The van der Waals surface area contributed by atoms with Crippen LogP contribution in [-0.4, -0.2) is 62.7 Å². The molecule has 0 spiro atoms. The van der Waals surface area contributed by atoms with Crippen molar-refractivity contribution >= 4 is 17.5 Å². The van der Waals surface area contributed by atoms with Gasteiger partial charge < -0.3 is 25.0 Å². The minimum absolute atomic E-state index is 0.0585. The van der Waals surface area contributed by atoms with Crippen molar-refractivity contribution in [3.05, 3.63) is 23.8 Å². The Bertz CT molecular complexity index is 763. The summed E-state index contributed by atoms with van der Waals surface area (Å²) in [5.74, 6) is 0.757. The molecule has 1 fully saturated rings. The van der Waals surface area contributed by atoms with E-state index in [1.807, 2.05) is 0 Å². The molecule has 1 heterocycles. The molecule has 1 saturated carbocycles. The van der Waals surface area contributed by atoms with Crippen LogP contribution < -0.4 is 15.4 Å². The zero-order valence-electron chi connectivity index (χ0n) is 19.3. The largest absolute Gasteiger partial charge is 0.491 e. The van der Waals surface area contributed by atoms with Crippen LogP contribution in [0.4, 0.5) is 5.69 Å². The van der Waals surface area contributed by atoms with Crippen LogP contribution in [0.1, 0.15) is 56.3 Å². The summed E-state index contributed by atoms with van der Waals surface area (Å²) in [7, 11) is 3.47. The molecule has 0 unspecified atom stereocenters. The highest BCUT2D eigenvalue weighted by molar-refractivity contribution is 5.98. The van der Waals surface area contributed by atoms with Gasteiger partial charge in [-0.1, -0.05) is 26.2 Å². The summed E-state index contributed by atoms with van der Waals surface area (Å²) in [6.45, 7) is 5.87. The fourth-order valence-electron chi connectivity index (χ4n) is 4.34. The van der Waals surface area contributed by atoms with Crippen LogP contribution in [0.5, 0.6) is 5.75 Å². The molecule has 0 aromatic heterocycles. The number of benzene rings is 1. The Hall–Kier alpha value is -2.12. The topological polar surface area (TPSA) is 79.9 Å². The fraction of sp³-hybridized carbons (Fsp3) is 0.667. The van der Waals surface area contributed by atoms with E-state index in [0.29, 0.717) is 30.2 Å². The first-order valence-electron chi connectivity index (χ1n) is 11.5. The Labute approximate surface area is 185 Å². The average Bonchev–Trinajstić information content (AvgIpc) is 2.79. The second kappa shape index (κ2) is 11.0. The Morgan fingerprint density at radius 2 is 1.97 bits per heavy atom. The van der Waals surface area contributed by atoms with Gasteiger partial charge in [-0.3, -0.25) is 9.59 Å². The second-order valence-electron chi connectivity index (χ2n) is 9.09. The van der Waals surface area contributed by atoms with Crippen molar-refractivity contribution in [2.45, 2.75) is 58.1 Å². The van der Waals surface area contributed by atoms with Gasteiger partial charge in [0.2, 0.25) is 5.91 Å². The molecule has 31 heavy (non-hydrogen) atoms. The minimum Gasteiger partial charge on any atom is -0.491 e. The first kappa shape index (κ1) is 23.5. The molecular weight excluding hydrogens is 394 g/mol. The molecule has 0 radical (unpaired) electrons. The number of carbonyl (C=O) groups is 2. The summed E-state index contributed by atoms with van der Waals surface area (Å²) in [4.78, 5) is 27.5. The Morgan fingerprint density at radius 1 is 1.23 bits per heavy atom.